The van der Waals surface area contributed by atoms with Crippen LogP contribution in [0.25, 0.3) is 0 Å². The zero-order valence-corrected chi connectivity index (χ0v) is 25.7. The second-order valence-electron chi connectivity index (χ2n) is 11.5. The average molecular weight is 587 g/mol. The van der Waals surface area contributed by atoms with Gasteiger partial charge < -0.3 is 25.4 Å². The molecule has 4 amide bonds. The van der Waals surface area contributed by atoms with Crippen molar-refractivity contribution in [2.45, 2.75) is 90.5 Å². The van der Waals surface area contributed by atoms with E-state index in [0.717, 1.165) is 11.1 Å². The van der Waals surface area contributed by atoms with Crippen LogP contribution in [0.4, 0.5) is 9.59 Å². The molecule has 5 N–H and O–H groups in total. The van der Waals surface area contributed by atoms with Gasteiger partial charge in [0.15, 0.2) is 0 Å². The molecule has 0 spiro atoms. The molecule has 0 radical (unpaired) electrons. The minimum absolute atomic E-state index is 0.225. The molecule has 0 fully saturated rings. The predicted octanol–water partition coefficient (Wildman–Crippen LogP) is 4.28. The second kappa shape index (κ2) is 17.6. The number of hydroxylamine groups is 1. The first-order valence-electron chi connectivity index (χ1n) is 13.9. The number of carbonyl (C=O) groups is 4. The van der Waals surface area contributed by atoms with Crippen LogP contribution in [0.1, 0.15) is 65.5 Å². The summed E-state index contributed by atoms with van der Waals surface area (Å²) in [7, 11) is 1.55. The molecule has 0 heterocycles. The highest BCUT2D eigenvalue weighted by molar-refractivity contribution is 5.85. The molecule has 232 valence electrons. The van der Waals surface area contributed by atoms with Gasteiger partial charge in [0, 0.05) is 7.05 Å². The third-order valence-electron chi connectivity index (χ3n) is 5.50. The minimum Gasteiger partial charge on any atom is -0.444 e. The molecule has 0 aromatic heterocycles. The van der Waals surface area contributed by atoms with Gasteiger partial charge in [-0.05, 0) is 78.4 Å². The summed E-state index contributed by atoms with van der Waals surface area (Å²) in [5.74, 6) is -0.895. The molecule has 0 aliphatic heterocycles. The largest absolute Gasteiger partial charge is 0.444 e. The van der Waals surface area contributed by atoms with Crippen molar-refractivity contribution in [1.29, 1.82) is 0 Å². The normalized spacial score (nSPS) is 12.4. The number of nitrogens with one attached hydrogen (secondary N) is 4. The summed E-state index contributed by atoms with van der Waals surface area (Å²) >= 11 is 0. The van der Waals surface area contributed by atoms with E-state index >= 15 is 0 Å². The summed E-state index contributed by atoms with van der Waals surface area (Å²) in [4.78, 5) is 46.9. The summed E-state index contributed by atoms with van der Waals surface area (Å²) in [5, 5.41) is 16.4. The molecule has 0 aliphatic rings. The summed E-state index contributed by atoms with van der Waals surface area (Å²) in [5.41, 5.74) is 2.49. The molecule has 11 heteroatoms. The van der Waals surface area contributed by atoms with Crippen LogP contribution >= 0.6 is 0 Å². The van der Waals surface area contributed by atoms with Crippen molar-refractivity contribution < 1.29 is 33.9 Å². The fourth-order valence-electron chi connectivity index (χ4n) is 3.60. The van der Waals surface area contributed by atoms with E-state index in [4.69, 9.17) is 14.7 Å². The van der Waals surface area contributed by atoms with Gasteiger partial charge in [-0.2, -0.15) is 0 Å². The molecule has 0 bridgehead atoms. The summed E-state index contributed by atoms with van der Waals surface area (Å²) < 4.78 is 10.3. The first-order chi connectivity index (χ1) is 19.6. The Balaban J connectivity index is 0.000000420. The maximum Gasteiger partial charge on any atom is 0.408 e. The van der Waals surface area contributed by atoms with Gasteiger partial charge in [-0.1, -0.05) is 60.7 Å². The Morgan fingerprint density at radius 2 is 1.02 bits per heavy atom. The van der Waals surface area contributed by atoms with E-state index in [0.29, 0.717) is 25.7 Å². The Kier molecular flexibility index (Phi) is 15.1. The lowest BCUT2D eigenvalue weighted by atomic mass is 10.0. The van der Waals surface area contributed by atoms with Gasteiger partial charge in [-0.3, -0.25) is 14.8 Å². The lowest BCUT2D eigenvalue weighted by Gasteiger charge is -2.23. The van der Waals surface area contributed by atoms with Gasteiger partial charge in [-0.25, -0.2) is 15.1 Å². The number of carbonyl (C=O) groups excluding carboxylic acids is 4. The highest BCUT2D eigenvalue weighted by Crippen LogP contribution is 2.10. The summed E-state index contributed by atoms with van der Waals surface area (Å²) in [6, 6.07) is 17.9. The van der Waals surface area contributed by atoms with Crippen LogP contribution in [0.2, 0.25) is 0 Å². The number of ether oxygens (including phenoxy) is 2. The molecule has 11 nitrogen and oxygen atoms in total. The van der Waals surface area contributed by atoms with E-state index in [9.17, 15) is 19.2 Å². The van der Waals surface area contributed by atoms with Crippen LogP contribution in [0.3, 0.4) is 0 Å². The maximum absolute atomic E-state index is 11.9. The number of likely N-dealkylation sites (N-methyl/N-ethyl adjacent to an activating group) is 1. The zero-order valence-electron chi connectivity index (χ0n) is 25.7. The van der Waals surface area contributed by atoms with Crippen molar-refractivity contribution in [3.05, 3.63) is 71.8 Å². The van der Waals surface area contributed by atoms with Crippen molar-refractivity contribution in [3.8, 4) is 0 Å². The van der Waals surface area contributed by atoms with E-state index < -0.39 is 41.4 Å². The van der Waals surface area contributed by atoms with Crippen LogP contribution in [0.15, 0.2) is 60.7 Å². The van der Waals surface area contributed by atoms with E-state index in [-0.39, 0.29) is 5.91 Å². The first kappa shape index (κ1) is 35.9. The molecule has 2 aromatic rings. The Morgan fingerprint density at radius 3 is 1.33 bits per heavy atom. The van der Waals surface area contributed by atoms with Gasteiger partial charge in [0.05, 0.1) is 0 Å². The molecule has 42 heavy (non-hydrogen) atoms. The highest BCUT2D eigenvalue weighted by atomic mass is 16.6. The third-order valence-corrected chi connectivity index (χ3v) is 5.50. The first-order valence-corrected chi connectivity index (χ1v) is 13.9. The highest BCUT2D eigenvalue weighted by Gasteiger charge is 2.25. The number of hydrogen-bond donors (Lipinski definition) is 5. The smallest absolute Gasteiger partial charge is 0.408 e. The zero-order chi connectivity index (χ0) is 31.8. The molecular weight excluding hydrogens is 540 g/mol. The summed E-state index contributed by atoms with van der Waals surface area (Å²) in [6.07, 6.45) is 0.899. The van der Waals surface area contributed by atoms with Gasteiger partial charge in [0.25, 0.3) is 5.91 Å². The SMILES string of the molecule is CC(C)(C)OC(=O)N[C@@H](CCc1ccccc1)C(=O)NO.CNC(=O)[C@@H](CCc1ccccc1)NC(=O)OC(C)(C)C. The van der Waals surface area contributed by atoms with Gasteiger partial charge in [0.1, 0.15) is 23.3 Å². The lowest BCUT2D eigenvalue weighted by molar-refractivity contribution is -0.131. The molecule has 2 atom stereocenters. The Bertz CT molecular complexity index is 1020. The summed E-state index contributed by atoms with van der Waals surface area (Å²) in [6.45, 7) is 10.6. The predicted molar refractivity (Wildman–Crippen MR) is 160 cm³/mol. The van der Waals surface area contributed by atoms with Gasteiger partial charge >= 0.3 is 12.2 Å². The molecule has 0 saturated carbocycles. The van der Waals surface area contributed by atoms with Crippen molar-refractivity contribution >= 4 is 24.0 Å². The fourth-order valence-corrected chi connectivity index (χ4v) is 3.60. The number of amides is 4. The van der Waals surface area contributed by atoms with E-state index in [1.54, 1.807) is 54.1 Å². The molecule has 0 unspecified atom stereocenters. The van der Waals surface area contributed by atoms with Crippen LogP contribution in [0.5, 0.6) is 0 Å². The second-order valence-corrected chi connectivity index (χ2v) is 11.5. The standard InChI is InChI=1S/C16H24N2O3.C15H22N2O4/c1-16(2,3)21-15(20)18-13(14(19)17-4)11-10-12-8-6-5-7-9-12;1-15(2,3)21-14(19)16-12(13(18)17-20)10-9-11-7-5-4-6-8-11/h5-9,13H,10-11H2,1-4H3,(H,17,19)(H,18,20);4-8,12,20H,9-10H2,1-3H3,(H,16,19)(H,17,18)/t13-;12-/m10/s1. The quantitative estimate of drug-likeness (QED) is 0.206. The molecule has 0 aliphatic carbocycles. The Hall–Kier alpha value is -4.12. The van der Waals surface area contributed by atoms with Gasteiger partial charge in [0.2, 0.25) is 5.91 Å². The maximum atomic E-state index is 11.9. The van der Waals surface area contributed by atoms with Crippen molar-refractivity contribution in [1.82, 2.24) is 21.4 Å². The third kappa shape index (κ3) is 16.2. The van der Waals surface area contributed by atoms with Crippen molar-refractivity contribution in [2.24, 2.45) is 0 Å². The van der Waals surface area contributed by atoms with E-state index in [1.165, 1.54) is 0 Å². The van der Waals surface area contributed by atoms with E-state index in [1.807, 2.05) is 60.7 Å². The molecule has 2 rings (SSSR count). The molecule has 2 aromatic carbocycles. The number of rotatable bonds is 10. The van der Waals surface area contributed by atoms with Crippen LogP contribution < -0.4 is 21.4 Å². The topological polar surface area (TPSA) is 155 Å². The minimum atomic E-state index is -0.856. The number of alkyl carbamates (subject to hydrolysis) is 2. The van der Waals surface area contributed by atoms with Crippen LogP contribution in [0, 0.1) is 0 Å². The lowest BCUT2D eigenvalue weighted by Crippen LogP contribution is -2.47. The van der Waals surface area contributed by atoms with Crippen LogP contribution in [-0.2, 0) is 31.9 Å². The fraction of sp³-hybridized carbons (Fsp3) is 0.484. The van der Waals surface area contributed by atoms with Crippen molar-refractivity contribution in [3.63, 3.8) is 0 Å². The Morgan fingerprint density at radius 1 is 0.667 bits per heavy atom. The Labute approximate surface area is 248 Å². The van der Waals surface area contributed by atoms with Crippen LogP contribution in [-0.4, -0.2) is 59.5 Å². The van der Waals surface area contributed by atoms with E-state index in [2.05, 4.69) is 16.0 Å². The van der Waals surface area contributed by atoms with Crippen molar-refractivity contribution in [2.75, 3.05) is 7.05 Å². The van der Waals surface area contributed by atoms with Gasteiger partial charge in [-0.15, -0.1) is 0 Å². The number of benzene rings is 2. The monoisotopic (exact) mass is 586 g/mol. The molecular formula is C31H46N4O7. The number of hydrogen-bond acceptors (Lipinski definition) is 7. The average Bonchev–Trinajstić information content (AvgIpc) is 2.92. The molecule has 0 saturated heterocycles. The number of aryl methyl sites for hydroxylation is 2.